The van der Waals surface area contributed by atoms with E-state index in [9.17, 15) is 14.4 Å². The third-order valence-electron chi connectivity index (χ3n) is 7.29. The summed E-state index contributed by atoms with van der Waals surface area (Å²) in [6, 6.07) is 13.7. The van der Waals surface area contributed by atoms with Gasteiger partial charge in [0.05, 0.1) is 17.8 Å². The maximum Gasteiger partial charge on any atom is 0.332 e. The summed E-state index contributed by atoms with van der Waals surface area (Å²) in [5.74, 6) is -0.544. The van der Waals surface area contributed by atoms with Gasteiger partial charge in [0.25, 0.3) is 5.91 Å². The average Bonchev–Trinajstić information content (AvgIpc) is 3.20. The third kappa shape index (κ3) is 3.80. The highest BCUT2D eigenvalue weighted by Gasteiger charge is 2.58. The van der Waals surface area contributed by atoms with Gasteiger partial charge in [0.2, 0.25) is 5.91 Å². The van der Waals surface area contributed by atoms with E-state index in [-0.39, 0.29) is 30.4 Å². The molecule has 5 rings (SSSR count). The zero-order valence-electron chi connectivity index (χ0n) is 19.0. The minimum absolute atomic E-state index is 0.0502. The quantitative estimate of drug-likeness (QED) is 0.767. The summed E-state index contributed by atoms with van der Waals surface area (Å²) in [5.41, 5.74) is 3.29. The molecule has 2 aliphatic heterocycles. The number of anilines is 2. The fraction of sp³-hybridized carbons (Fsp3) is 0.423. The molecule has 0 spiro atoms. The van der Waals surface area contributed by atoms with Gasteiger partial charge < -0.3 is 15.0 Å². The molecule has 7 nitrogen and oxygen atoms in total. The molecule has 2 heterocycles. The molecule has 4 atom stereocenters. The highest BCUT2D eigenvalue weighted by Crippen LogP contribution is 2.43. The highest BCUT2D eigenvalue weighted by atomic mass is 16.5. The molecular weight excluding hydrogens is 418 g/mol. The van der Waals surface area contributed by atoms with Crippen molar-refractivity contribution in [1.29, 1.82) is 0 Å². The van der Waals surface area contributed by atoms with Crippen molar-refractivity contribution in [3.8, 4) is 0 Å². The average molecular weight is 448 g/mol. The Labute approximate surface area is 193 Å². The van der Waals surface area contributed by atoms with Gasteiger partial charge in [-0.15, -0.1) is 0 Å². The second-order valence-corrected chi connectivity index (χ2v) is 9.25. The predicted octanol–water partition coefficient (Wildman–Crippen LogP) is 4.04. The van der Waals surface area contributed by atoms with Crippen LogP contribution in [0.2, 0.25) is 0 Å². The molecule has 3 fully saturated rings. The van der Waals surface area contributed by atoms with E-state index < -0.39 is 18.2 Å². The van der Waals surface area contributed by atoms with Crippen LogP contribution in [0.3, 0.4) is 0 Å². The third-order valence-corrected chi connectivity index (χ3v) is 7.29. The van der Waals surface area contributed by atoms with Crippen molar-refractivity contribution in [2.75, 3.05) is 16.8 Å². The van der Waals surface area contributed by atoms with Crippen LogP contribution in [0, 0.1) is 19.8 Å². The van der Waals surface area contributed by atoms with Crippen molar-refractivity contribution in [3.05, 3.63) is 59.7 Å². The number of fused-ring (bicyclic) bond motifs is 3. The Morgan fingerprint density at radius 3 is 2.58 bits per heavy atom. The van der Waals surface area contributed by atoms with Crippen LogP contribution < -0.4 is 10.2 Å². The van der Waals surface area contributed by atoms with E-state index in [0.29, 0.717) is 5.69 Å². The molecular formula is C26H29N3O4. The lowest BCUT2D eigenvalue weighted by molar-refractivity contribution is -0.133. The monoisotopic (exact) mass is 447 g/mol. The molecule has 0 bridgehead atoms. The van der Waals surface area contributed by atoms with Gasteiger partial charge >= 0.3 is 6.03 Å². The Kier molecular flexibility index (Phi) is 5.66. The number of nitrogens with zero attached hydrogens (tertiary/aromatic N) is 2. The molecule has 2 aromatic rings. The van der Waals surface area contributed by atoms with Crippen LogP contribution in [0.5, 0.6) is 0 Å². The number of para-hydroxylation sites is 1. The van der Waals surface area contributed by atoms with Crippen molar-refractivity contribution < 1.29 is 19.1 Å². The second-order valence-electron chi connectivity index (χ2n) is 9.25. The van der Waals surface area contributed by atoms with Gasteiger partial charge in [0, 0.05) is 11.6 Å². The number of hydrogen-bond acceptors (Lipinski definition) is 4. The number of ether oxygens (including phenoxy) is 1. The van der Waals surface area contributed by atoms with Crippen molar-refractivity contribution in [3.63, 3.8) is 0 Å². The van der Waals surface area contributed by atoms with Crippen LogP contribution in [0.25, 0.3) is 0 Å². The number of rotatable bonds is 4. The number of carbonyl (C=O) groups is 3. The van der Waals surface area contributed by atoms with Crippen LogP contribution in [0.1, 0.15) is 36.8 Å². The molecule has 172 valence electrons. The second kappa shape index (κ2) is 8.63. The summed E-state index contributed by atoms with van der Waals surface area (Å²) in [7, 11) is 0. The van der Waals surface area contributed by atoms with Crippen LogP contribution in [0.15, 0.2) is 48.5 Å². The Hall–Kier alpha value is -3.19. The minimum atomic E-state index is -0.746. The molecule has 7 heteroatoms. The SMILES string of the molecule is Cc1cccc(NC(=O)CN2C(=O)N(c3ccccc3)C(=O)C3OC4CCCCC4C32)c1C. The van der Waals surface area contributed by atoms with Gasteiger partial charge in [-0.2, -0.15) is 0 Å². The lowest BCUT2D eigenvalue weighted by atomic mass is 9.81. The van der Waals surface area contributed by atoms with Crippen LogP contribution in [-0.4, -0.2) is 47.5 Å². The number of amides is 4. The topological polar surface area (TPSA) is 79.0 Å². The molecule has 0 radical (unpaired) electrons. The fourth-order valence-electron chi connectivity index (χ4n) is 5.47. The highest BCUT2D eigenvalue weighted by molar-refractivity contribution is 6.18. The number of aryl methyl sites for hydroxylation is 1. The van der Waals surface area contributed by atoms with Crippen LogP contribution in [0.4, 0.5) is 16.2 Å². The molecule has 1 N–H and O–H groups in total. The van der Waals surface area contributed by atoms with Crippen LogP contribution in [-0.2, 0) is 14.3 Å². The Morgan fingerprint density at radius 1 is 1.03 bits per heavy atom. The molecule has 3 aliphatic rings. The van der Waals surface area contributed by atoms with E-state index in [4.69, 9.17) is 4.74 Å². The van der Waals surface area contributed by atoms with E-state index in [1.165, 1.54) is 4.90 Å². The first kappa shape index (κ1) is 21.6. The smallest absolute Gasteiger partial charge is 0.332 e. The molecule has 4 unspecified atom stereocenters. The van der Waals surface area contributed by atoms with E-state index in [1.807, 2.05) is 38.1 Å². The summed E-state index contributed by atoms with van der Waals surface area (Å²) < 4.78 is 6.23. The van der Waals surface area contributed by atoms with Crippen molar-refractivity contribution in [2.45, 2.75) is 57.8 Å². The van der Waals surface area contributed by atoms with E-state index in [1.54, 1.807) is 29.2 Å². The van der Waals surface area contributed by atoms with Crippen molar-refractivity contribution >= 4 is 29.2 Å². The number of carbonyl (C=O) groups excluding carboxylic acids is 3. The Morgan fingerprint density at radius 2 is 1.79 bits per heavy atom. The van der Waals surface area contributed by atoms with E-state index >= 15 is 0 Å². The summed E-state index contributed by atoms with van der Waals surface area (Å²) in [5, 5.41) is 2.96. The normalized spacial score (nSPS) is 26.7. The number of imide groups is 1. The van der Waals surface area contributed by atoms with Gasteiger partial charge in [-0.05, 0) is 56.0 Å². The predicted molar refractivity (Wildman–Crippen MR) is 125 cm³/mol. The van der Waals surface area contributed by atoms with Crippen molar-refractivity contribution in [2.24, 2.45) is 5.92 Å². The molecule has 0 aromatic heterocycles. The lowest BCUT2D eigenvalue weighted by Crippen LogP contribution is -2.65. The van der Waals surface area contributed by atoms with Gasteiger partial charge in [-0.1, -0.05) is 43.2 Å². The maximum atomic E-state index is 13.7. The molecule has 33 heavy (non-hydrogen) atoms. The molecule has 2 saturated heterocycles. The zero-order chi connectivity index (χ0) is 23.1. The standard InChI is InChI=1S/C26H29N3O4/c1-16-9-8-13-20(17(16)2)27-22(30)15-28-23-19-12-6-7-14-21(19)33-24(23)25(31)29(26(28)32)18-10-4-3-5-11-18/h3-5,8-11,13,19,21,23-24H,6-7,12,14-15H2,1-2H3,(H,27,30). The Bertz CT molecular complexity index is 1090. The van der Waals surface area contributed by atoms with E-state index in [0.717, 1.165) is 42.5 Å². The number of urea groups is 1. The number of benzene rings is 2. The first-order valence-corrected chi connectivity index (χ1v) is 11.7. The summed E-state index contributed by atoms with van der Waals surface area (Å²) in [6.07, 6.45) is 3.08. The first-order chi connectivity index (χ1) is 16.0. The maximum absolute atomic E-state index is 13.7. The lowest BCUT2D eigenvalue weighted by Gasteiger charge is -2.42. The fourth-order valence-corrected chi connectivity index (χ4v) is 5.47. The number of hydrogen-bond donors (Lipinski definition) is 1. The molecule has 4 amide bonds. The van der Waals surface area contributed by atoms with Gasteiger partial charge in [-0.25, -0.2) is 9.69 Å². The minimum Gasteiger partial charge on any atom is -0.363 e. The summed E-state index contributed by atoms with van der Waals surface area (Å²) in [6.45, 7) is 3.82. The van der Waals surface area contributed by atoms with Gasteiger partial charge in [0.15, 0.2) is 6.10 Å². The summed E-state index contributed by atoms with van der Waals surface area (Å²) in [4.78, 5) is 42.9. The first-order valence-electron chi connectivity index (χ1n) is 11.7. The molecule has 1 aliphatic carbocycles. The zero-order valence-corrected chi connectivity index (χ0v) is 19.0. The largest absolute Gasteiger partial charge is 0.363 e. The number of nitrogens with one attached hydrogen (secondary N) is 1. The van der Waals surface area contributed by atoms with Crippen LogP contribution >= 0.6 is 0 Å². The Balaban J connectivity index is 1.46. The van der Waals surface area contributed by atoms with Gasteiger partial charge in [0.1, 0.15) is 6.54 Å². The molecule has 1 saturated carbocycles. The van der Waals surface area contributed by atoms with Gasteiger partial charge in [-0.3, -0.25) is 9.59 Å². The summed E-state index contributed by atoms with van der Waals surface area (Å²) >= 11 is 0. The molecule has 2 aromatic carbocycles. The van der Waals surface area contributed by atoms with E-state index in [2.05, 4.69) is 5.32 Å². The van der Waals surface area contributed by atoms with Crippen molar-refractivity contribution in [1.82, 2.24) is 4.90 Å².